The van der Waals surface area contributed by atoms with Crippen LogP contribution < -0.4 is 4.74 Å². The summed E-state index contributed by atoms with van der Waals surface area (Å²) >= 11 is 0. The van der Waals surface area contributed by atoms with E-state index in [9.17, 15) is 14.9 Å². The number of rotatable bonds is 7. The number of carbonyl (C=O) groups excluding carboxylic acids is 1. The molecule has 1 atom stereocenters. The summed E-state index contributed by atoms with van der Waals surface area (Å²) < 4.78 is 16.1. The number of nitrogens with zero attached hydrogens (tertiary/aromatic N) is 3. The van der Waals surface area contributed by atoms with Crippen LogP contribution in [0.2, 0.25) is 0 Å². The van der Waals surface area contributed by atoms with Crippen molar-refractivity contribution in [2.45, 2.75) is 20.0 Å². The molecule has 1 aromatic heterocycles. The van der Waals surface area contributed by atoms with Crippen LogP contribution in [-0.2, 0) is 4.74 Å². The summed E-state index contributed by atoms with van der Waals surface area (Å²) in [6.45, 7) is 3.55. The molecule has 9 heteroatoms. The molecule has 0 unspecified atom stereocenters. The third-order valence-electron chi connectivity index (χ3n) is 3.78. The Morgan fingerprint density at radius 2 is 1.96 bits per heavy atom. The summed E-state index contributed by atoms with van der Waals surface area (Å²) in [6.07, 6.45) is -0.830. The van der Waals surface area contributed by atoms with Gasteiger partial charge in [0.25, 0.3) is 5.89 Å². The lowest BCUT2D eigenvalue weighted by Gasteiger charge is -2.10. The number of hydrogen-bond acceptors (Lipinski definition) is 8. The number of hydrogen-bond donors (Lipinski definition) is 0. The molecular formula is C19H17N3O6. The predicted molar refractivity (Wildman–Crippen MR) is 97.8 cm³/mol. The molecule has 0 amide bonds. The van der Waals surface area contributed by atoms with Crippen LogP contribution in [0.25, 0.3) is 11.5 Å². The highest BCUT2D eigenvalue weighted by Gasteiger charge is 2.23. The lowest BCUT2D eigenvalue weighted by molar-refractivity contribution is -0.385. The van der Waals surface area contributed by atoms with E-state index in [2.05, 4.69) is 10.2 Å². The molecule has 0 bridgehead atoms. The van der Waals surface area contributed by atoms with Crippen molar-refractivity contribution in [3.05, 3.63) is 70.1 Å². The van der Waals surface area contributed by atoms with Crippen molar-refractivity contribution in [3.8, 4) is 17.2 Å². The van der Waals surface area contributed by atoms with Gasteiger partial charge in [-0.25, -0.2) is 4.79 Å². The van der Waals surface area contributed by atoms with Gasteiger partial charge in [0.2, 0.25) is 5.89 Å². The fourth-order valence-corrected chi connectivity index (χ4v) is 2.44. The van der Waals surface area contributed by atoms with Gasteiger partial charge < -0.3 is 13.9 Å². The van der Waals surface area contributed by atoms with Crippen LogP contribution in [0.15, 0.2) is 52.9 Å². The van der Waals surface area contributed by atoms with Crippen LogP contribution in [0.4, 0.5) is 5.69 Å². The van der Waals surface area contributed by atoms with E-state index in [0.29, 0.717) is 5.89 Å². The fourth-order valence-electron chi connectivity index (χ4n) is 2.44. The Morgan fingerprint density at radius 1 is 1.21 bits per heavy atom. The lowest BCUT2D eigenvalue weighted by Crippen LogP contribution is -2.10. The van der Waals surface area contributed by atoms with Crippen molar-refractivity contribution < 1.29 is 23.6 Å². The molecule has 0 aliphatic carbocycles. The van der Waals surface area contributed by atoms with E-state index in [4.69, 9.17) is 13.9 Å². The van der Waals surface area contributed by atoms with Crippen LogP contribution in [0.1, 0.15) is 36.2 Å². The number of ether oxygens (including phenoxy) is 2. The molecule has 0 saturated heterocycles. The molecule has 9 nitrogen and oxygen atoms in total. The molecule has 3 aromatic rings. The Hall–Kier alpha value is -3.75. The third-order valence-corrected chi connectivity index (χ3v) is 3.78. The van der Waals surface area contributed by atoms with Gasteiger partial charge in [-0.1, -0.05) is 18.2 Å². The summed E-state index contributed by atoms with van der Waals surface area (Å²) in [5.74, 6) is -0.248. The van der Waals surface area contributed by atoms with E-state index < -0.39 is 17.0 Å². The Balaban J connectivity index is 1.75. The molecular weight excluding hydrogens is 366 g/mol. The van der Waals surface area contributed by atoms with Crippen LogP contribution in [0.3, 0.4) is 0 Å². The maximum atomic E-state index is 12.4. The normalized spacial score (nSPS) is 11.6. The smallest absolute Gasteiger partial charge is 0.339 e. The predicted octanol–water partition coefficient (Wildman–Crippen LogP) is 3.96. The summed E-state index contributed by atoms with van der Waals surface area (Å²) in [7, 11) is 0. The number of esters is 1. The van der Waals surface area contributed by atoms with E-state index in [-0.39, 0.29) is 29.5 Å². The van der Waals surface area contributed by atoms with Crippen molar-refractivity contribution in [3.63, 3.8) is 0 Å². The maximum Gasteiger partial charge on any atom is 0.339 e. The molecule has 3 rings (SSSR count). The molecule has 0 N–H and O–H groups in total. The van der Waals surface area contributed by atoms with Crippen LogP contribution in [0.5, 0.6) is 5.75 Å². The number of aromatic nitrogens is 2. The van der Waals surface area contributed by atoms with Gasteiger partial charge in [0.1, 0.15) is 0 Å². The quantitative estimate of drug-likeness (QED) is 0.342. The molecule has 0 spiro atoms. The van der Waals surface area contributed by atoms with Gasteiger partial charge in [0, 0.05) is 11.6 Å². The number of carbonyl (C=O) groups is 1. The second-order valence-corrected chi connectivity index (χ2v) is 5.73. The third kappa shape index (κ3) is 4.14. The average molecular weight is 383 g/mol. The maximum absolute atomic E-state index is 12.4. The van der Waals surface area contributed by atoms with Crippen molar-refractivity contribution in [1.82, 2.24) is 10.2 Å². The van der Waals surface area contributed by atoms with E-state index >= 15 is 0 Å². The minimum Gasteiger partial charge on any atom is -0.487 e. The highest BCUT2D eigenvalue weighted by molar-refractivity contribution is 5.90. The molecule has 28 heavy (non-hydrogen) atoms. The zero-order chi connectivity index (χ0) is 20.1. The first-order valence-electron chi connectivity index (χ1n) is 8.50. The first-order valence-corrected chi connectivity index (χ1v) is 8.50. The molecule has 2 aromatic carbocycles. The van der Waals surface area contributed by atoms with Crippen molar-refractivity contribution in [1.29, 1.82) is 0 Å². The van der Waals surface area contributed by atoms with E-state index in [1.54, 1.807) is 13.8 Å². The topological polar surface area (TPSA) is 118 Å². The Kier molecular flexibility index (Phi) is 5.64. The standard InChI is InChI=1S/C19H17N3O6/c1-3-26-16-10-9-14(11-15(16)22(24)25)19(23)27-12(2)17-20-21-18(28-17)13-7-5-4-6-8-13/h4-12H,3H2,1-2H3/t12-/m0/s1. The van der Waals surface area contributed by atoms with E-state index in [0.717, 1.165) is 11.6 Å². The Bertz CT molecular complexity index is 986. The lowest BCUT2D eigenvalue weighted by atomic mass is 10.2. The van der Waals surface area contributed by atoms with Crippen molar-refractivity contribution in [2.24, 2.45) is 0 Å². The molecule has 0 aliphatic heterocycles. The monoisotopic (exact) mass is 383 g/mol. The van der Waals surface area contributed by atoms with Crippen molar-refractivity contribution in [2.75, 3.05) is 6.61 Å². The van der Waals surface area contributed by atoms with Gasteiger partial charge in [-0.15, -0.1) is 10.2 Å². The Morgan fingerprint density at radius 3 is 2.64 bits per heavy atom. The first-order chi connectivity index (χ1) is 13.5. The number of benzene rings is 2. The van der Waals surface area contributed by atoms with Crippen LogP contribution in [-0.4, -0.2) is 27.7 Å². The number of nitro benzene ring substituents is 1. The second-order valence-electron chi connectivity index (χ2n) is 5.73. The molecule has 0 fully saturated rings. The largest absolute Gasteiger partial charge is 0.487 e. The minimum absolute atomic E-state index is 0.0183. The average Bonchev–Trinajstić information content (AvgIpc) is 3.19. The minimum atomic E-state index is -0.830. The first kappa shape index (κ1) is 19.0. The van der Waals surface area contributed by atoms with Crippen LogP contribution in [0, 0.1) is 10.1 Å². The fraction of sp³-hybridized carbons (Fsp3) is 0.211. The second kappa shape index (κ2) is 8.30. The molecule has 0 saturated carbocycles. The van der Waals surface area contributed by atoms with E-state index in [1.165, 1.54) is 12.1 Å². The highest BCUT2D eigenvalue weighted by atomic mass is 16.6. The van der Waals surface area contributed by atoms with Gasteiger partial charge in [0.05, 0.1) is 17.1 Å². The number of nitro groups is 1. The van der Waals surface area contributed by atoms with Crippen LogP contribution >= 0.6 is 0 Å². The van der Waals surface area contributed by atoms with Gasteiger partial charge in [0.15, 0.2) is 11.9 Å². The molecule has 0 radical (unpaired) electrons. The zero-order valence-electron chi connectivity index (χ0n) is 15.2. The zero-order valence-corrected chi connectivity index (χ0v) is 15.2. The SMILES string of the molecule is CCOc1ccc(C(=O)O[C@@H](C)c2nnc(-c3ccccc3)o2)cc1[N+](=O)[O-]. The van der Waals surface area contributed by atoms with Crippen molar-refractivity contribution >= 4 is 11.7 Å². The molecule has 1 heterocycles. The van der Waals surface area contributed by atoms with E-state index in [1.807, 2.05) is 30.3 Å². The molecule has 144 valence electrons. The highest BCUT2D eigenvalue weighted by Crippen LogP contribution is 2.29. The summed E-state index contributed by atoms with van der Waals surface area (Å²) in [5.41, 5.74) is 0.444. The van der Waals surface area contributed by atoms with Gasteiger partial charge in [-0.3, -0.25) is 10.1 Å². The summed E-state index contributed by atoms with van der Waals surface area (Å²) in [4.78, 5) is 23.0. The summed E-state index contributed by atoms with van der Waals surface area (Å²) in [6, 6.07) is 13.0. The Labute approximate surface area is 160 Å². The molecule has 0 aliphatic rings. The van der Waals surface area contributed by atoms with Gasteiger partial charge >= 0.3 is 11.7 Å². The summed E-state index contributed by atoms with van der Waals surface area (Å²) in [5, 5.41) is 19.0. The van der Waals surface area contributed by atoms with Gasteiger partial charge in [-0.05, 0) is 38.1 Å². The van der Waals surface area contributed by atoms with Gasteiger partial charge in [-0.2, -0.15) is 0 Å².